The summed E-state index contributed by atoms with van der Waals surface area (Å²) in [6.45, 7) is 0. The molecule has 0 spiro atoms. The molecule has 0 amide bonds. The zero-order chi connectivity index (χ0) is 17.1. The Morgan fingerprint density at radius 2 is 1.58 bits per heavy atom. The number of pyridine rings is 1. The third kappa shape index (κ3) is 2.85. The van der Waals surface area contributed by atoms with Crippen LogP contribution in [0.1, 0.15) is 5.56 Å². The maximum Gasteiger partial charge on any atom is 0.142 e. The maximum atomic E-state index is 9.45. The molecule has 0 bridgehead atoms. The number of nitrogen functional groups attached to an aromatic ring is 2. The minimum atomic E-state index is 0.206. The van der Waals surface area contributed by atoms with Crippen molar-refractivity contribution in [2.45, 2.75) is 0 Å². The van der Waals surface area contributed by atoms with Crippen LogP contribution in [-0.4, -0.2) is 12.1 Å². The van der Waals surface area contributed by atoms with E-state index in [4.69, 9.17) is 16.2 Å². The molecular weight excluding hydrogens is 300 g/mol. The molecule has 0 aliphatic heterocycles. The zero-order valence-corrected chi connectivity index (χ0v) is 13.2. The summed E-state index contributed by atoms with van der Waals surface area (Å²) in [5.41, 5.74) is 16.0. The number of ether oxygens (including phenoxy) is 1. The Labute approximate surface area is 140 Å². The Bertz CT molecular complexity index is 910. The molecule has 0 atom stereocenters. The van der Waals surface area contributed by atoms with Crippen molar-refractivity contribution >= 4 is 11.5 Å². The quantitative estimate of drug-likeness (QED) is 0.721. The predicted molar refractivity (Wildman–Crippen MR) is 95.2 cm³/mol. The molecule has 2 aromatic carbocycles. The summed E-state index contributed by atoms with van der Waals surface area (Å²) < 4.78 is 5.18. The molecule has 0 aliphatic carbocycles. The van der Waals surface area contributed by atoms with Crippen LogP contribution in [0.4, 0.5) is 11.5 Å². The van der Waals surface area contributed by atoms with Crippen LogP contribution in [-0.2, 0) is 0 Å². The SMILES string of the molecule is COc1ccc(-c2cc(-c3ccc(N)cc3)nc(N)c2C#N)cc1. The molecule has 0 saturated carbocycles. The molecule has 0 fully saturated rings. The van der Waals surface area contributed by atoms with Crippen LogP contribution in [0, 0.1) is 11.3 Å². The highest BCUT2D eigenvalue weighted by atomic mass is 16.5. The Hall–Kier alpha value is -3.52. The van der Waals surface area contributed by atoms with E-state index in [0.29, 0.717) is 16.9 Å². The van der Waals surface area contributed by atoms with E-state index in [2.05, 4.69) is 11.1 Å². The summed E-state index contributed by atoms with van der Waals surface area (Å²) in [6, 6.07) is 18.8. The number of nitriles is 1. The average Bonchev–Trinajstić information content (AvgIpc) is 2.61. The lowest BCUT2D eigenvalue weighted by Gasteiger charge is -2.11. The van der Waals surface area contributed by atoms with Gasteiger partial charge in [-0.25, -0.2) is 4.98 Å². The van der Waals surface area contributed by atoms with Gasteiger partial charge in [0.15, 0.2) is 0 Å². The van der Waals surface area contributed by atoms with E-state index in [1.807, 2.05) is 42.5 Å². The minimum absolute atomic E-state index is 0.206. The topological polar surface area (TPSA) is 97.9 Å². The number of hydrogen-bond donors (Lipinski definition) is 2. The standard InChI is InChI=1S/C19H16N4O/c1-24-15-8-4-12(5-9-15)16-10-18(23-19(22)17(16)11-20)13-2-6-14(21)7-3-13/h2-10H,21H2,1H3,(H2,22,23). The highest BCUT2D eigenvalue weighted by Gasteiger charge is 2.13. The molecule has 3 aromatic rings. The number of benzene rings is 2. The number of anilines is 2. The summed E-state index contributed by atoms with van der Waals surface area (Å²) in [4.78, 5) is 4.35. The van der Waals surface area contributed by atoms with Crippen LogP contribution in [0.2, 0.25) is 0 Å². The summed E-state index contributed by atoms with van der Waals surface area (Å²) in [6.07, 6.45) is 0. The van der Waals surface area contributed by atoms with E-state index in [-0.39, 0.29) is 5.82 Å². The fourth-order valence-electron chi connectivity index (χ4n) is 2.48. The van der Waals surface area contributed by atoms with Crippen molar-refractivity contribution in [3.05, 3.63) is 60.2 Å². The van der Waals surface area contributed by atoms with E-state index in [1.165, 1.54) is 0 Å². The van der Waals surface area contributed by atoms with E-state index < -0.39 is 0 Å². The van der Waals surface area contributed by atoms with Gasteiger partial charge in [-0.1, -0.05) is 24.3 Å². The normalized spacial score (nSPS) is 10.2. The van der Waals surface area contributed by atoms with Crippen LogP contribution >= 0.6 is 0 Å². The number of nitrogens with zero attached hydrogens (tertiary/aromatic N) is 2. The van der Waals surface area contributed by atoms with E-state index in [0.717, 1.165) is 22.4 Å². The van der Waals surface area contributed by atoms with Crippen molar-refractivity contribution in [3.8, 4) is 34.2 Å². The fourth-order valence-corrected chi connectivity index (χ4v) is 2.48. The third-order valence-electron chi connectivity index (χ3n) is 3.77. The van der Waals surface area contributed by atoms with Gasteiger partial charge in [0.05, 0.1) is 12.8 Å². The Balaban J connectivity index is 2.16. The van der Waals surface area contributed by atoms with Gasteiger partial charge >= 0.3 is 0 Å². The Morgan fingerprint density at radius 3 is 2.17 bits per heavy atom. The fraction of sp³-hybridized carbons (Fsp3) is 0.0526. The van der Waals surface area contributed by atoms with Gasteiger partial charge in [0, 0.05) is 16.8 Å². The van der Waals surface area contributed by atoms with Gasteiger partial charge in [-0.2, -0.15) is 5.26 Å². The molecule has 5 heteroatoms. The summed E-state index contributed by atoms with van der Waals surface area (Å²) in [5, 5.41) is 9.45. The third-order valence-corrected chi connectivity index (χ3v) is 3.77. The predicted octanol–water partition coefficient (Wildman–Crippen LogP) is 3.46. The zero-order valence-electron chi connectivity index (χ0n) is 13.2. The summed E-state index contributed by atoms with van der Waals surface area (Å²) in [5.74, 6) is 0.954. The second-order valence-corrected chi connectivity index (χ2v) is 5.28. The van der Waals surface area contributed by atoms with Crippen LogP contribution in [0.25, 0.3) is 22.4 Å². The van der Waals surface area contributed by atoms with Gasteiger partial charge in [-0.15, -0.1) is 0 Å². The molecule has 0 aliphatic rings. The van der Waals surface area contributed by atoms with Gasteiger partial charge in [0.2, 0.25) is 0 Å². The molecule has 5 nitrogen and oxygen atoms in total. The second kappa shape index (κ2) is 6.31. The van der Waals surface area contributed by atoms with E-state index in [9.17, 15) is 5.26 Å². The highest BCUT2D eigenvalue weighted by molar-refractivity contribution is 5.80. The van der Waals surface area contributed by atoms with Gasteiger partial charge in [-0.3, -0.25) is 0 Å². The van der Waals surface area contributed by atoms with Crippen molar-refractivity contribution in [1.29, 1.82) is 5.26 Å². The van der Waals surface area contributed by atoms with Crippen LogP contribution in [0.3, 0.4) is 0 Å². The van der Waals surface area contributed by atoms with Crippen LogP contribution < -0.4 is 16.2 Å². The smallest absolute Gasteiger partial charge is 0.142 e. The lowest BCUT2D eigenvalue weighted by atomic mass is 9.98. The molecule has 3 rings (SSSR count). The van der Waals surface area contributed by atoms with Gasteiger partial charge in [0.25, 0.3) is 0 Å². The molecule has 0 radical (unpaired) electrons. The van der Waals surface area contributed by atoms with Crippen molar-refractivity contribution in [3.63, 3.8) is 0 Å². The minimum Gasteiger partial charge on any atom is -0.497 e. The number of nitrogens with two attached hydrogens (primary N) is 2. The van der Waals surface area contributed by atoms with Gasteiger partial charge in [0.1, 0.15) is 23.2 Å². The Morgan fingerprint density at radius 1 is 0.958 bits per heavy atom. The second-order valence-electron chi connectivity index (χ2n) is 5.28. The van der Waals surface area contributed by atoms with Crippen molar-refractivity contribution < 1.29 is 4.74 Å². The molecule has 118 valence electrons. The molecule has 24 heavy (non-hydrogen) atoms. The first-order valence-corrected chi connectivity index (χ1v) is 7.33. The first kappa shape index (κ1) is 15.4. The average molecular weight is 316 g/mol. The lowest BCUT2D eigenvalue weighted by Crippen LogP contribution is -2.00. The molecule has 0 unspecified atom stereocenters. The number of rotatable bonds is 3. The molecular formula is C19H16N4O. The highest BCUT2D eigenvalue weighted by Crippen LogP contribution is 2.32. The lowest BCUT2D eigenvalue weighted by molar-refractivity contribution is 0.415. The van der Waals surface area contributed by atoms with Gasteiger partial charge < -0.3 is 16.2 Å². The van der Waals surface area contributed by atoms with Crippen molar-refractivity contribution in [2.75, 3.05) is 18.6 Å². The maximum absolute atomic E-state index is 9.45. The summed E-state index contributed by atoms with van der Waals surface area (Å²) in [7, 11) is 1.61. The van der Waals surface area contributed by atoms with Gasteiger partial charge in [-0.05, 0) is 35.9 Å². The Kier molecular flexibility index (Phi) is 4.04. The summed E-state index contributed by atoms with van der Waals surface area (Å²) >= 11 is 0. The number of methoxy groups -OCH3 is 1. The van der Waals surface area contributed by atoms with E-state index >= 15 is 0 Å². The largest absolute Gasteiger partial charge is 0.497 e. The first-order chi connectivity index (χ1) is 11.6. The molecule has 4 N–H and O–H groups in total. The molecule has 1 heterocycles. The van der Waals surface area contributed by atoms with Crippen LogP contribution in [0.5, 0.6) is 5.75 Å². The van der Waals surface area contributed by atoms with E-state index in [1.54, 1.807) is 19.2 Å². The van der Waals surface area contributed by atoms with Crippen LogP contribution in [0.15, 0.2) is 54.6 Å². The monoisotopic (exact) mass is 316 g/mol. The molecule has 0 saturated heterocycles. The van der Waals surface area contributed by atoms with Crippen molar-refractivity contribution in [1.82, 2.24) is 4.98 Å². The number of hydrogen-bond acceptors (Lipinski definition) is 5. The first-order valence-electron chi connectivity index (χ1n) is 7.33. The molecule has 1 aromatic heterocycles. The van der Waals surface area contributed by atoms with Crippen molar-refractivity contribution in [2.24, 2.45) is 0 Å². The number of aromatic nitrogens is 1.